The molecule has 0 heterocycles. The van der Waals surface area contributed by atoms with Gasteiger partial charge in [0.15, 0.2) is 23.0 Å². The summed E-state index contributed by atoms with van der Waals surface area (Å²) in [6.45, 7) is 0. The Kier molecular flexibility index (Phi) is 9.79. The van der Waals surface area contributed by atoms with E-state index in [2.05, 4.69) is 10.6 Å². The SMILES string of the molecule is COc1cc(C(=O)Nc2ccc(Oc3cccc(NC(=O)c4cc(OC)c(OC)c(OC)c4)c3)cc2)cc(OC)c1OC. The van der Waals surface area contributed by atoms with Crippen LogP contribution in [0, 0.1) is 0 Å². The molecule has 4 aromatic rings. The third kappa shape index (κ3) is 7.02. The molecule has 0 aliphatic heterocycles. The van der Waals surface area contributed by atoms with Crippen LogP contribution >= 0.6 is 0 Å². The molecule has 0 fully saturated rings. The average molecular weight is 589 g/mol. The van der Waals surface area contributed by atoms with Gasteiger partial charge in [-0.1, -0.05) is 6.07 Å². The van der Waals surface area contributed by atoms with E-state index < -0.39 is 0 Å². The molecule has 4 aromatic carbocycles. The van der Waals surface area contributed by atoms with Crippen molar-refractivity contribution >= 4 is 23.2 Å². The minimum atomic E-state index is -0.372. The molecule has 224 valence electrons. The van der Waals surface area contributed by atoms with Crippen LogP contribution in [0.1, 0.15) is 20.7 Å². The van der Waals surface area contributed by atoms with E-state index >= 15 is 0 Å². The Morgan fingerprint density at radius 3 is 1.35 bits per heavy atom. The summed E-state index contributed by atoms with van der Waals surface area (Å²) in [7, 11) is 8.92. The molecule has 0 saturated carbocycles. The molecule has 43 heavy (non-hydrogen) atoms. The van der Waals surface area contributed by atoms with E-state index in [1.54, 1.807) is 72.8 Å². The molecule has 0 aliphatic carbocycles. The highest BCUT2D eigenvalue weighted by atomic mass is 16.5. The standard InChI is InChI=1S/C32H32N2O9/c1-37-25-14-19(15-26(38-2)29(25)41-5)31(35)33-21-10-12-23(13-11-21)43-24-9-7-8-22(18-24)34-32(36)20-16-27(39-3)30(42-6)28(17-20)40-4/h7-18H,1-6H3,(H,33,35)(H,34,36). The molecular weight excluding hydrogens is 556 g/mol. The number of carbonyl (C=O) groups excluding carboxylic acids is 2. The predicted molar refractivity (Wildman–Crippen MR) is 161 cm³/mol. The first-order valence-electron chi connectivity index (χ1n) is 12.9. The average Bonchev–Trinajstić information content (AvgIpc) is 3.04. The zero-order valence-corrected chi connectivity index (χ0v) is 24.6. The molecule has 0 aliphatic rings. The molecule has 11 heteroatoms. The highest BCUT2D eigenvalue weighted by Crippen LogP contribution is 2.39. The Labute approximate surface area is 249 Å². The Hall–Kier alpha value is -5.58. The first-order chi connectivity index (χ1) is 20.8. The Morgan fingerprint density at radius 1 is 0.488 bits per heavy atom. The van der Waals surface area contributed by atoms with Gasteiger partial charge in [-0.15, -0.1) is 0 Å². The highest BCUT2D eigenvalue weighted by Gasteiger charge is 2.19. The number of methoxy groups -OCH3 is 6. The number of hydrogen-bond donors (Lipinski definition) is 2. The number of anilines is 2. The van der Waals surface area contributed by atoms with E-state index in [0.717, 1.165) is 0 Å². The predicted octanol–water partition coefficient (Wildman–Crippen LogP) is 6.04. The van der Waals surface area contributed by atoms with E-state index in [1.165, 1.54) is 42.7 Å². The van der Waals surface area contributed by atoms with Crippen molar-refractivity contribution in [2.24, 2.45) is 0 Å². The van der Waals surface area contributed by atoms with Crippen molar-refractivity contribution in [3.8, 4) is 46.0 Å². The summed E-state index contributed by atoms with van der Waals surface area (Å²) < 4.78 is 38.0. The fourth-order valence-corrected chi connectivity index (χ4v) is 4.21. The lowest BCUT2D eigenvalue weighted by Crippen LogP contribution is -2.12. The van der Waals surface area contributed by atoms with Crippen molar-refractivity contribution in [3.05, 3.63) is 83.9 Å². The normalized spacial score (nSPS) is 10.3. The Bertz CT molecular complexity index is 1550. The number of hydrogen-bond acceptors (Lipinski definition) is 9. The first-order valence-corrected chi connectivity index (χ1v) is 12.9. The number of benzene rings is 4. The van der Waals surface area contributed by atoms with Gasteiger partial charge >= 0.3 is 0 Å². The third-order valence-corrected chi connectivity index (χ3v) is 6.29. The van der Waals surface area contributed by atoms with Gasteiger partial charge in [0.05, 0.1) is 42.7 Å². The van der Waals surface area contributed by atoms with Crippen LogP contribution in [0.25, 0.3) is 0 Å². The van der Waals surface area contributed by atoms with E-state index in [4.69, 9.17) is 33.2 Å². The van der Waals surface area contributed by atoms with Gasteiger partial charge in [-0.3, -0.25) is 9.59 Å². The van der Waals surface area contributed by atoms with Crippen molar-refractivity contribution in [1.82, 2.24) is 0 Å². The second-order valence-corrected chi connectivity index (χ2v) is 8.89. The molecule has 2 amide bonds. The summed E-state index contributed by atoms with van der Waals surface area (Å²) in [4.78, 5) is 25.9. The number of nitrogens with one attached hydrogen (secondary N) is 2. The minimum absolute atomic E-state index is 0.324. The summed E-state index contributed by atoms with van der Waals surface area (Å²) in [6.07, 6.45) is 0. The lowest BCUT2D eigenvalue weighted by Gasteiger charge is -2.14. The van der Waals surface area contributed by atoms with Crippen LogP contribution in [0.5, 0.6) is 46.0 Å². The van der Waals surface area contributed by atoms with Crippen molar-refractivity contribution in [1.29, 1.82) is 0 Å². The van der Waals surface area contributed by atoms with Crippen LogP contribution in [-0.4, -0.2) is 54.5 Å². The summed E-state index contributed by atoms with van der Waals surface area (Å²) in [5.74, 6) is 2.56. The van der Waals surface area contributed by atoms with Crippen molar-refractivity contribution < 1.29 is 42.7 Å². The van der Waals surface area contributed by atoms with Crippen LogP contribution in [-0.2, 0) is 0 Å². The van der Waals surface area contributed by atoms with Gasteiger partial charge in [-0.25, -0.2) is 0 Å². The number of rotatable bonds is 12. The fraction of sp³-hybridized carbons (Fsp3) is 0.188. The maximum atomic E-state index is 13.0. The molecule has 2 N–H and O–H groups in total. The van der Waals surface area contributed by atoms with Gasteiger partial charge in [0.25, 0.3) is 11.8 Å². The lowest BCUT2D eigenvalue weighted by molar-refractivity contribution is 0.101. The Morgan fingerprint density at radius 2 is 0.930 bits per heavy atom. The molecule has 0 bridgehead atoms. The maximum Gasteiger partial charge on any atom is 0.255 e. The minimum Gasteiger partial charge on any atom is -0.493 e. The summed E-state index contributed by atoms with van der Waals surface area (Å²) >= 11 is 0. The van der Waals surface area contributed by atoms with Crippen molar-refractivity contribution in [3.63, 3.8) is 0 Å². The first kappa shape index (κ1) is 30.4. The largest absolute Gasteiger partial charge is 0.493 e. The van der Waals surface area contributed by atoms with E-state index in [1.807, 2.05) is 0 Å². The quantitative estimate of drug-likeness (QED) is 0.204. The molecule has 0 aromatic heterocycles. The molecule has 0 radical (unpaired) electrons. The van der Waals surface area contributed by atoms with Crippen LogP contribution in [0.3, 0.4) is 0 Å². The number of ether oxygens (including phenoxy) is 7. The van der Waals surface area contributed by atoms with Gasteiger partial charge in [0.1, 0.15) is 11.5 Å². The summed E-state index contributed by atoms with van der Waals surface area (Å²) in [5, 5.41) is 5.69. The molecular formula is C32H32N2O9. The third-order valence-electron chi connectivity index (χ3n) is 6.29. The molecule has 11 nitrogen and oxygen atoms in total. The van der Waals surface area contributed by atoms with Gasteiger partial charge in [-0.05, 0) is 60.7 Å². The van der Waals surface area contributed by atoms with Crippen LogP contribution in [0.4, 0.5) is 11.4 Å². The topological polar surface area (TPSA) is 123 Å². The summed E-state index contributed by atoms with van der Waals surface area (Å²) in [6, 6.07) is 20.1. The van der Waals surface area contributed by atoms with Gasteiger partial charge in [0, 0.05) is 28.6 Å². The van der Waals surface area contributed by atoms with Crippen LogP contribution in [0.2, 0.25) is 0 Å². The zero-order chi connectivity index (χ0) is 30.9. The van der Waals surface area contributed by atoms with Gasteiger partial charge in [-0.2, -0.15) is 0 Å². The van der Waals surface area contributed by atoms with E-state index in [-0.39, 0.29) is 11.8 Å². The van der Waals surface area contributed by atoms with Gasteiger partial charge < -0.3 is 43.8 Å². The smallest absolute Gasteiger partial charge is 0.255 e. The van der Waals surface area contributed by atoms with Crippen LogP contribution in [0.15, 0.2) is 72.8 Å². The lowest BCUT2D eigenvalue weighted by atomic mass is 10.1. The molecule has 0 saturated heterocycles. The number of amides is 2. The van der Waals surface area contributed by atoms with Gasteiger partial charge in [0.2, 0.25) is 11.5 Å². The van der Waals surface area contributed by atoms with E-state index in [0.29, 0.717) is 68.5 Å². The summed E-state index contributed by atoms with van der Waals surface area (Å²) in [5.41, 5.74) is 1.73. The molecule has 0 spiro atoms. The molecule has 4 rings (SSSR count). The zero-order valence-electron chi connectivity index (χ0n) is 24.6. The second-order valence-electron chi connectivity index (χ2n) is 8.89. The number of carbonyl (C=O) groups is 2. The second kappa shape index (κ2) is 13.9. The monoisotopic (exact) mass is 588 g/mol. The van der Waals surface area contributed by atoms with Crippen molar-refractivity contribution in [2.75, 3.05) is 53.3 Å². The van der Waals surface area contributed by atoms with Crippen LogP contribution < -0.4 is 43.8 Å². The van der Waals surface area contributed by atoms with E-state index in [9.17, 15) is 9.59 Å². The molecule has 0 unspecified atom stereocenters. The van der Waals surface area contributed by atoms with Crippen molar-refractivity contribution in [2.45, 2.75) is 0 Å². The maximum absolute atomic E-state index is 13.0. The Balaban J connectivity index is 1.43. The fourth-order valence-electron chi connectivity index (χ4n) is 4.21. The molecule has 0 atom stereocenters. The highest BCUT2D eigenvalue weighted by molar-refractivity contribution is 6.06.